The van der Waals surface area contributed by atoms with Gasteiger partial charge in [0.05, 0.1) is 18.8 Å². The van der Waals surface area contributed by atoms with Gasteiger partial charge in [0.15, 0.2) is 6.10 Å². The maximum atomic E-state index is 12.2. The van der Waals surface area contributed by atoms with Crippen molar-refractivity contribution in [1.82, 2.24) is 4.90 Å². The smallest absolute Gasteiger partial charge is 0.410 e. The standard InChI is InChI=1S/C16H31NO6/c1-8-13(22-11(2)14(18)19)9-12(10-21-7)17(6)15(20)23-16(3,4)5/h11-13H,8-10H2,1-7H3,(H,18,19)/t11-,12?,13+/m1/s1. The van der Waals surface area contributed by atoms with Crippen LogP contribution in [0, 0.1) is 0 Å². The van der Waals surface area contributed by atoms with E-state index in [1.54, 1.807) is 34.9 Å². The number of carboxylic acid groups (broad SMARTS) is 1. The molecule has 7 nitrogen and oxygen atoms in total. The quantitative estimate of drug-likeness (QED) is 0.698. The Morgan fingerprint density at radius 1 is 1.26 bits per heavy atom. The molecular formula is C16H31NO6. The van der Waals surface area contributed by atoms with E-state index in [-0.39, 0.29) is 12.1 Å². The van der Waals surface area contributed by atoms with Gasteiger partial charge >= 0.3 is 12.1 Å². The van der Waals surface area contributed by atoms with E-state index in [1.165, 1.54) is 11.8 Å². The van der Waals surface area contributed by atoms with Crippen molar-refractivity contribution < 1.29 is 28.9 Å². The van der Waals surface area contributed by atoms with Gasteiger partial charge in [-0.15, -0.1) is 0 Å². The largest absolute Gasteiger partial charge is 0.479 e. The molecule has 0 aromatic heterocycles. The SMILES string of the molecule is CC[C@@H](CC(COC)N(C)C(=O)OC(C)(C)C)O[C@H](C)C(=O)O. The lowest BCUT2D eigenvalue weighted by Gasteiger charge is -2.32. The Labute approximate surface area is 138 Å². The highest BCUT2D eigenvalue weighted by Crippen LogP contribution is 2.17. The molecule has 0 aliphatic rings. The Bertz CT molecular complexity index is 379. The number of aliphatic carboxylic acids is 1. The van der Waals surface area contributed by atoms with Gasteiger partial charge in [-0.3, -0.25) is 0 Å². The Balaban J connectivity index is 4.87. The molecule has 0 aromatic rings. The van der Waals surface area contributed by atoms with Crippen LogP contribution in [0.25, 0.3) is 0 Å². The van der Waals surface area contributed by atoms with E-state index in [2.05, 4.69) is 0 Å². The number of amides is 1. The van der Waals surface area contributed by atoms with Crippen LogP contribution in [0.4, 0.5) is 4.79 Å². The molecule has 0 saturated carbocycles. The minimum atomic E-state index is -1.01. The fourth-order valence-electron chi connectivity index (χ4n) is 1.98. The number of carboxylic acids is 1. The molecular weight excluding hydrogens is 302 g/mol. The van der Waals surface area contributed by atoms with E-state index >= 15 is 0 Å². The van der Waals surface area contributed by atoms with Gasteiger partial charge in [-0.25, -0.2) is 9.59 Å². The van der Waals surface area contributed by atoms with Gasteiger partial charge in [0, 0.05) is 14.2 Å². The number of hydrogen-bond acceptors (Lipinski definition) is 5. The Kier molecular flexibility index (Phi) is 9.16. The topological polar surface area (TPSA) is 85.3 Å². The van der Waals surface area contributed by atoms with Gasteiger partial charge in [-0.2, -0.15) is 0 Å². The molecule has 0 spiro atoms. The number of ether oxygens (including phenoxy) is 3. The lowest BCUT2D eigenvalue weighted by molar-refractivity contribution is -0.153. The fourth-order valence-corrected chi connectivity index (χ4v) is 1.98. The van der Waals surface area contributed by atoms with Crippen LogP contribution in [0.5, 0.6) is 0 Å². The molecule has 0 heterocycles. The second-order valence-electron chi connectivity index (χ2n) is 6.58. The molecule has 1 N–H and O–H groups in total. The van der Waals surface area contributed by atoms with Crippen LogP contribution in [-0.4, -0.2) is 66.7 Å². The van der Waals surface area contributed by atoms with Crippen LogP contribution in [0.3, 0.4) is 0 Å². The highest BCUT2D eigenvalue weighted by atomic mass is 16.6. The van der Waals surface area contributed by atoms with Crippen molar-refractivity contribution in [2.24, 2.45) is 0 Å². The molecule has 1 amide bonds. The second kappa shape index (κ2) is 9.72. The van der Waals surface area contributed by atoms with Crippen molar-refractivity contribution in [1.29, 1.82) is 0 Å². The minimum absolute atomic E-state index is 0.263. The third-order valence-corrected chi connectivity index (χ3v) is 3.32. The maximum absolute atomic E-state index is 12.2. The summed E-state index contributed by atoms with van der Waals surface area (Å²) in [5.41, 5.74) is -0.582. The average Bonchev–Trinajstić information content (AvgIpc) is 2.42. The summed E-state index contributed by atoms with van der Waals surface area (Å²) in [4.78, 5) is 24.6. The van der Waals surface area contributed by atoms with E-state index in [0.717, 1.165) is 0 Å². The van der Waals surface area contributed by atoms with Crippen LogP contribution in [0.2, 0.25) is 0 Å². The second-order valence-corrected chi connectivity index (χ2v) is 6.58. The van der Waals surface area contributed by atoms with Crippen molar-refractivity contribution in [3.8, 4) is 0 Å². The molecule has 23 heavy (non-hydrogen) atoms. The van der Waals surface area contributed by atoms with Crippen LogP contribution < -0.4 is 0 Å². The molecule has 7 heteroatoms. The molecule has 0 radical (unpaired) electrons. The Hall–Kier alpha value is -1.34. The summed E-state index contributed by atoms with van der Waals surface area (Å²) in [6.45, 7) is 9.13. The summed E-state index contributed by atoms with van der Waals surface area (Å²) in [5.74, 6) is -1.01. The Morgan fingerprint density at radius 3 is 2.22 bits per heavy atom. The summed E-state index contributed by atoms with van der Waals surface area (Å²) in [7, 11) is 3.20. The number of hydrogen-bond donors (Lipinski definition) is 1. The summed E-state index contributed by atoms with van der Waals surface area (Å²) < 4.78 is 16.1. The van der Waals surface area contributed by atoms with Crippen LogP contribution in [0.15, 0.2) is 0 Å². The number of carbonyl (C=O) groups is 2. The molecule has 0 saturated heterocycles. The summed E-state index contributed by atoms with van der Waals surface area (Å²) in [6, 6.07) is -0.263. The fraction of sp³-hybridized carbons (Fsp3) is 0.875. The normalized spacial score (nSPS) is 15.6. The van der Waals surface area contributed by atoms with Gasteiger partial charge in [0.25, 0.3) is 0 Å². The molecule has 0 fully saturated rings. The van der Waals surface area contributed by atoms with Gasteiger partial charge in [0.2, 0.25) is 0 Å². The molecule has 136 valence electrons. The summed E-state index contributed by atoms with van der Waals surface area (Å²) in [6.07, 6.45) is -0.515. The zero-order chi connectivity index (χ0) is 18.2. The van der Waals surface area contributed by atoms with Gasteiger partial charge in [-0.05, 0) is 40.5 Å². The number of methoxy groups -OCH3 is 1. The van der Waals surface area contributed by atoms with Crippen molar-refractivity contribution in [2.45, 2.75) is 71.3 Å². The molecule has 0 aliphatic carbocycles. The molecule has 1 unspecified atom stereocenters. The molecule has 0 aromatic carbocycles. The predicted molar refractivity (Wildman–Crippen MR) is 86.5 cm³/mol. The van der Waals surface area contributed by atoms with Crippen molar-refractivity contribution in [3.63, 3.8) is 0 Å². The first-order valence-corrected chi connectivity index (χ1v) is 7.84. The number of nitrogens with zero attached hydrogens (tertiary/aromatic N) is 1. The van der Waals surface area contributed by atoms with Crippen molar-refractivity contribution in [3.05, 3.63) is 0 Å². The summed E-state index contributed by atoms with van der Waals surface area (Å²) >= 11 is 0. The first-order valence-electron chi connectivity index (χ1n) is 7.84. The monoisotopic (exact) mass is 333 g/mol. The zero-order valence-corrected chi connectivity index (χ0v) is 15.3. The first kappa shape index (κ1) is 21.7. The highest BCUT2D eigenvalue weighted by Gasteiger charge is 2.28. The van der Waals surface area contributed by atoms with E-state index < -0.39 is 23.8 Å². The molecule has 0 aliphatic heterocycles. The average molecular weight is 333 g/mol. The first-order chi connectivity index (χ1) is 10.5. The van der Waals surface area contributed by atoms with E-state index in [0.29, 0.717) is 19.4 Å². The van der Waals surface area contributed by atoms with Crippen molar-refractivity contribution >= 4 is 12.1 Å². The van der Waals surface area contributed by atoms with Crippen LogP contribution in [-0.2, 0) is 19.0 Å². The lowest BCUT2D eigenvalue weighted by atomic mass is 10.1. The molecule has 3 atom stereocenters. The van der Waals surface area contributed by atoms with E-state index in [9.17, 15) is 9.59 Å². The molecule has 0 rings (SSSR count). The van der Waals surface area contributed by atoms with E-state index in [1.807, 2.05) is 6.92 Å². The zero-order valence-electron chi connectivity index (χ0n) is 15.3. The van der Waals surface area contributed by atoms with Gasteiger partial charge in [0.1, 0.15) is 5.60 Å². The van der Waals surface area contributed by atoms with E-state index in [4.69, 9.17) is 19.3 Å². The van der Waals surface area contributed by atoms with Crippen LogP contribution in [0.1, 0.15) is 47.5 Å². The third kappa shape index (κ3) is 8.76. The third-order valence-electron chi connectivity index (χ3n) is 3.32. The number of carbonyl (C=O) groups excluding carboxylic acids is 1. The predicted octanol–water partition coefficient (Wildman–Crippen LogP) is 2.53. The van der Waals surface area contributed by atoms with Crippen molar-refractivity contribution in [2.75, 3.05) is 20.8 Å². The maximum Gasteiger partial charge on any atom is 0.410 e. The number of likely N-dealkylation sites (N-methyl/N-ethyl adjacent to an activating group) is 1. The highest BCUT2D eigenvalue weighted by molar-refractivity contribution is 5.71. The van der Waals surface area contributed by atoms with Gasteiger partial charge < -0.3 is 24.2 Å². The van der Waals surface area contributed by atoms with Gasteiger partial charge in [-0.1, -0.05) is 6.92 Å². The lowest BCUT2D eigenvalue weighted by Crippen LogP contribution is -2.45. The minimum Gasteiger partial charge on any atom is -0.479 e. The molecule has 0 bridgehead atoms. The summed E-state index contributed by atoms with van der Waals surface area (Å²) in [5, 5.41) is 8.95. The number of rotatable bonds is 9. The Morgan fingerprint density at radius 2 is 1.83 bits per heavy atom. The van der Waals surface area contributed by atoms with Crippen LogP contribution >= 0.6 is 0 Å².